The Morgan fingerprint density at radius 2 is 1.90 bits per heavy atom. The minimum Gasteiger partial charge on any atom is -0.479 e. The van der Waals surface area contributed by atoms with Crippen molar-refractivity contribution in [3.8, 4) is 0 Å². The first-order valence-electron chi connectivity index (χ1n) is 7.66. The van der Waals surface area contributed by atoms with Crippen LogP contribution >= 0.6 is 0 Å². The maximum absolute atomic E-state index is 12.0. The molecule has 0 aromatic rings. The largest absolute Gasteiger partial charge is 0.479 e. The molecular formula is C15H26N2O3. The summed E-state index contributed by atoms with van der Waals surface area (Å²) in [6, 6.07) is 0.570. The van der Waals surface area contributed by atoms with Gasteiger partial charge in [0, 0.05) is 25.6 Å². The Morgan fingerprint density at radius 3 is 2.35 bits per heavy atom. The molecule has 1 atom stereocenters. The van der Waals surface area contributed by atoms with Gasteiger partial charge in [-0.25, -0.2) is 4.79 Å². The predicted octanol–water partition coefficient (Wildman–Crippen LogP) is 1.71. The van der Waals surface area contributed by atoms with E-state index in [0.29, 0.717) is 18.9 Å². The zero-order chi connectivity index (χ0) is 14.9. The average molecular weight is 282 g/mol. The molecule has 114 valence electrons. The number of carbonyl (C=O) groups excluding carboxylic acids is 1. The molecule has 1 N–H and O–H groups in total. The van der Waals surface area contributed by atoms with Crippen molar-refractivity contribution in [2.75, 3.05) is 13.1 Å². The lowest BCUT2D eigenvalue weighted by molar-refractivity contribution is -0.160. The van der Waals surface area contributed by atoms with E-state index in [1.165, 1.54) is 6.92 Å². The molecule has 0 bridgehead atoms. The Kier molecular flexibility index (Phi) is 4.37. The molecule has 1 heterocycles. The van der Waals surface area contributed by atoms with Crippen LogP contribution in [0, 0.1) is 0 Å². The Labute approximate surface area is 120 Å². The van der Waals surface area contributed by atoms with E-state index >= 15 is 0 Å². The Balaban J connectivity index is 2.25. The fourth-order valence-corrected chi connectivity index (χ4v) is 3.45. The van der Waals surface area contributed by atoms with Gasteiger partial charge in [-0.2, -0.15) is 0 Å². The lowest BCUT2D eigenvalue weighted by Crippen LogP contribution is -2.58. The van der Waals surface area contributed by atoms with Crippen molar-refractivity contribution < 1.29 is 14.7 Å². The highest BCUT2D eigenvalue weighted by Crippen LogP contribution is 2.39. The van der Waals surface area contributed by atoms with E-state index in [9.17, 15) is 14.7 Å². The van der Waals surface area contributed by atoms with Crippen LogP contribution in [0.3, 0.4) is 0 Å². The lowest BCUT2D eigenvalue weighted by Gasteiger charge is -2.40. The summed E-state index contributed by atoms with van der Waals surface area (Å²) in [5.41, 5.74) is -0.989. The number of likely N-dealkylation sites (tertiary alicyclic amines) is 1. The first-order valence-corrected chi connectivity index (χ1v) is 7.66. The summed E-state index contributed by atoms with van der Waals surface area (Å²) in [6.07, 6.45) is 3.84. The number of aliphatic carboxylic acids is 1. The van der Waals surface area contributed by atoms with Crippen molar-refractivity contribution in [2.24, 2.45) is 0 Å². The highest BCUT2D eigenvalue weighted by molar-refractivity contribution is 5.86. The lowest BCUT2D eigenvalue weighted by atomic mass is 9.88. The van der Waals surface area contributed by atoms with Gasteiger partial charge in [0.15, 0.2) is 0 Å². The molecule has 1 aliphatic carbocycles. The van der Waals surface area contributed by atoms with Gasteiger partial charge in [0.25, 0.3) is 0 Å². The minimum absolute atomic E-state index is 0.0899. The minimum atomic E-state index is -0.989. The van der Waals surface area contributed by atoms with E-state index in [1.54, 1.807) is 4.90 Å². The molecule has 1 saturated carbocycles. The molecule has 1 aliphatic heterocycles. The second-order valence-corrected chi connectivity index (χ2v) is 6.44. The Bertz CT molecular complexity index is 393. The van der Waals surface area contributed by atoms with E-state index < -0.39 is 11.5 Å². The summed E-state index contributed by atoms with van der Waals surface area (Å²) in [6.45, 7) is 7.45. The fraction of sp³-hybridized carbons (Fsp3) is 0.867. The summed E-state index contributed by atoms with van der Waals surface area (Å²) in [4.78, 5) is 28.0. The number of amides is 1. The van der Waals surface area contributed by atoms with Crippen LogP contribution in [0.2, 0.25) is 0 Å². The molecule has 0 aromatic carbocycles. The monoisotopic (exact) mass is 282 g/mol. The molecule has 2 fully saturated rings. The van der Waals surface area contributed by atoms with E-state index in [0.717, 1.165) is 32.4 Å². The molecular weight excluding hydrogens is 256 g/mol. The third-order valence-corrected chi connectivity index (χ3v) is 4.69. The number of hydrogen-bond donors (Lipinski definition) is 1. The molecule has 5 heteroatoms. The summed E-state index contributed by atoms with van der Waals surface area (Å²) >= 11 is 0. The van der Waals surface area contributed by atoms with E-state index in [2.05, 4.69) is 18.7 Å². The summed E-state index contributed by atoms with van der Waals surface area (Å²) in [5.74, 6) is -0.918. The maximum atomic E-state index is 12.0. The molecule has 2 aliphatic rings. The van der Waals surface area contributed by atoms with Gasteiger partial charge < -0.3 is 14.9 Å². The van der Waals surface area contributed by atoms with Gasteiger partial charge in [-0.15, -0.1) is 0 Å². The first-order chi connectivity index (χ1) is 9.38. The first kappa shape index (κ1) is 15.3. The van der Waals surface area contributed by atoms with Crippen molar-refractivity contribution >= 4 is 11.9 Å². The molecule has 0 radical (unpaired) electrons. The van der Waals surface area contributed by atoms with Crippen LogP contribution in [0.15, 0.2) is 0 Å². The molecule has 1 amide bonds. The molecule has 2 rings (SSSR count). The molecule has 1 unspecified atom stereocenters. The second kappa shape index (κ2) is 5.72. The predicted molar refractivity (Wildman–Crippen MR) is 76.5 cm³/mol. The van der Waals surface area contributed by atoms with Crippen molar-refractivity contribution in [1.82, 2.24) is 9.80 Å². The van der Waals surface area contributed by atoms with E-state index in [1.807, 2.05) is 0 Å². The molecule has 0 aromatic heterocycles. The van der Waals surface area contributed by atoms with Crippen molar-refractivity contribution in [3.63, 3.8) is 0 Å². The van der Waals surface area contributed by atoms with E-state index in [-0.39, 0.29) is 11.9 Å². The van der Waals surface area contributed by atoms with Gasteiger partial charge in [-0.3, -0.25) is 4.79 Å². The van der Waals surface area contributed by atoms with Crippen LogP contribution in [0.1, 0.15) is 52.9 Å². The molecule has 5 nitrogen and oxygen atoms in total. The van der Waals surface area contributed by atoms with Crippen LogP contribution in [0.4, 0.5) is 0 Å². The van der Waals surface area contributed by atoms with Crippen molar-refractivity contribution in [2.45, 2.75) is 70.5 Å². The zero-order valence-electron chi connectivity index (χ0n) is 12.8. The van der Waals surface area contributed by atoms with Crippen LogP contribution in [-0.4, -0.2) is 57.5 Å². The quantitative estimate of drug-likeness (QED) is 0.853. The molecule has 1 saturated heterocycles. The van der Waals surface area contributed by atoms with Gasteiger partial charge in [0.1, 0.15) is 5.54 Å². The van der Waals surface area contributed by atoms with E-state index in [4.69, 9.17) is 0 Å². The molecule has 20 heavy (non-hydrogen) atoms. The van der Waals surface area contributed by atoms with Gasteiger partial charge in [0.2, 0.25) is 5.91 Å². The Hall–Kier alpha value is -1.10. The fourth-order valence-electron chi connectivity index (χ4n) is 3.45. The SMILES string of the molecule is CC(=O)N(C1CC1)C1(C(=O)O)CCCN(C(C)C)CC1. The topological polar surface area (TPSA) is 60.9 Å². The van der Waals surface area contributed by atoms with Gasteiger partial charge >= 0.3 is 5.97 Å². The maximum Gasteiger partial charge on any atom is 0.329 e. The summed E-state index contributed by atoms with van der Waals surface area (Å²) in [5, 5.41) is 9.82. The van der Waals surface area contributed by atoms with Gasteiger partial charge in [0.05, 0.1) is 0 Å². The highest BCUT2D eigenvalue weighted by atomic mass is 16.4. The second-order valence-electron chi connectivity index (χ2n) is 6.44. The number of carbonyl (C=O) groups is 2. The number of rotatable bonds is 4. The third-order valence-electron chi connectivity index (χ3n) is 4.69. The summed E-state index contributed by atoms with van der Waals surface area (Å²) < 4.78 is 0. The standard InChI is InChI=1S/C15H26N2O3/c1-11(2)16-9-4-7-15(8-10-16,14(19)20)17(12(3)18)13-5-6-13/h11,13H,4-10H2,1-3H3,(H,19,20). The number of nitrogens with zero attached hydrogens (tertiary/aromatic N) is 2. The normalized spacial score (nSPS) is 28.2. The zero-order valence-corrected chi connectivity index (χ0v) is 12.8. The average Bonchev–Trinajstić information content (AvgIpc) is 3.15. The van der Waals surface area contributed by atoms with Crippen LogP contribution in [0.5, 0.6) is 0 Å². The Morgan fingerprint density at radius 1 is 1.25 bits per heavy atom. The van der Waals surface area contributed by atoms with Crippen LogP contribution in [0.25, 0.3) is 0 Å². The van der Waals surface area contributed by atoms with Gasteiger partial charge in [-0.1, -0.05) is 0 Å². The van der Waals surface area contributed by atoms with Gasteiger partial charge in [-0.05, 0) is 52.5 Å². The van der Waals surface area contributed by atoms with Crippen LogP contribution < -0.4 is 0 Å². The number of hydrogen-bond acceptors (Lipinski definition) is 3. The summed E-state index contributed by atoms with van der Waals surface area (Å²) in [7, 11) is 0. The van der Waals surface area contributed by atoms with Crippen molar-refractivity contribution in [3.05, 3.63) is 0 Å². The third kappa shape index (κ3) is 2.82. The smallest absolute Gasteiger partial charge is 0.329 e. The highest BCUT2D eigenvalue weighted by Gasteiger charge is 2.51. The molecule has 0 spiro atoms. The van der Waals surface area contributed by atoms with Crippen molar-refractivity contribution in [1.29, 1.82) is 0 Å². The van der Waals surface area contributed by atoms with Crippen LogP contribution in [-0.2, 0) is 9.59 Å². The number of carboxylic acids is 1. The number of carboxylic acid groups (broad SMARTS) is 1.